The average molecular weight is 376 g/mol. The number of nitrogens with zero attached hydrogens (tertiary/aromatic N) is 2. The SMILES string of the molecule is CCN(C(=O)c1ccc2cn[nH]c2c1)[C@@H]1Cc2ccccc2C(C)(C)C1(C)C. The van der Waals surface area contributed by atoms with Crippen molar-refractivity contribution < 1.29 is 4.79 Å². The van der Waals surface area contributed by atoms with Crippen molar-refractivity contribution in [2.45, 2.75) is 52.5 Å². The minimum atomic E-state index is -0.0644. The molecule has 1 aromatic heterocycles. The fraction of sp³-hybridized carbons (Fsp3) is 0.417. The van der Waals surface area contributed by atoms with Crippen molar-refractivity contribution in [1.29, 1.82) is 0 Å². The summed E-state index contributed by atoms with van der Waals surface area (Å²) in [6.45, 7) is 12.0. The number of carbonyl (C=O) groups excluding carboxylic acids is 1. The minimum Gasteiger partial charge on any atom is -0.335 e. The summed E-state index contributed by atoms with van der Waals surface area (Å²) in [6, 6.07) is 14.6. The van der Waals surface area contributed by atoms with E-state index in [4.69, 9.17) is 0 Å². The zero-order valence-corrected chi connectivity index (χ0v) is 17.4. The molecule has 0 fully saturated rings. The fourth-order valence-corrected chi connectivity index (χ4v) is 4.78. The molecule has 0 saturated heterocycles. The number of aromatic nitrogens is 2. The molecule has 1 aliphatic rings. The molecular weight excluding hydrogens is 346 g/mol. The number of fused-ring (bicyclic) bond motifs is 2. The van der Waals surface area contributed by atoms with Crippen molar-refractivity contribution in [3.05, 3.63) is 65.4 Å². The van der Waals surface area contributed by atoms with Crippen molar-refractivity contribution in [3.8, 4) is 0 Å². The van der Waals surface area contributed by atoms with Crippen LogP contribution in [0.25, 0.3) is 10.9 Å². The molecular formula is C24H29N3O. The number of likely N-dealkylation sites (N-methyl/N-ethyl adjacent to an activating group) is 1. The van der Waals surface area contributed by atoms with Gasteiger partial charge in [-0.2, -0.15) is 5.10 Å². The van der Waals surface area contributed by atoms with E-state index in [0.29, 0.717) is 12.1 Å². The van der Waals surface area contributed by atoms with Gasteiger partial charge in [0.1, 0.15) is 0 Å². The Labute approximate surface area is 166 Å². The summed E-state index contributed by atoms with van der Waals surface area (Å²) in [5.41, 5.74) is 4.27. The lowest BCUT2D eigenvalue weighted by atomic mass is 9.55. The van der Waals surface area contributed by atoms with Crippen LogP contribution in [0.15, 0.2) is 48.7 Å². The van der Waals surface area contributed by atoms with Gasteiger partial charge in [0.2, 0.25) is 0 Å². The van der Waals surface area contributed by atoms with Gasteiger partial charge in [-0.3, -0.25) is 9.89 Å². The third-order valence-corrected chi connectivity index (χ3v) is 7.21. The smallest absolute Gasteiger partial charge is 0.254 e. The number of amides is 1. The molecule has 1 amide bonds. The highest BCUT2D eigenvalue weighted by molar-refractivity contribution is 5.98. The predicted molar refractivity (Wildman–Crippen MR) is 114 cm³/mol. The molecule has 1 heterocycles. The zero-order valence-electron chi connectivity index (χ0n) is 17.4. The summed E-state index contributed by atoms with van der Waals surface area (Å²) >= 11 is 0. The van der Waals surface area contributed by atoms with Crippen molar-refractivity contribution in [3.63, 3.8) is 0 Å². The van der Waals surface area contributed by atoms with E-state index in [1.165, 1.54) is 11.1 Å². The van der Waals surface area contributed by atoms with Gasteiger partial charge in [0.25, 0.3) is 5.91 Å². The summed E-state index contributed by atoms with van der Waals surface area (Å²) in [6.07, 6.45) is 2.67. The van der Waals surface area contributed by atoms with Crippen LogP contribution in [-0.2, 0) is 11.8 Å². The van der Waals surface area contributed by atoms with Crippen molar-refractivity contribution in [2.75, 3.05) is 6.54 Å². The first-order valence-electron chi connectivity index (χ1n) is 10.1. The second kappa shape index (κ2) is 6.47. The molecule has 1 aliphatic carbocycles. The first-order chi connectivity index (χ1) is 13.3. The Kier molecular flexibility index (Phi) is 4.33. The lowest BCUT2D eigenvalue weighted by Gasteiger charge is -2.55. The van der Waals surface area contributed by atoms with Gasteiger partial charge in [-0.15, -0.1) is 0 Å². The highest BCUT2D eigenvalue weighted by Gasteiger charge is 2.51. The highest BCUT2D eigenvalue weighted by atomic mass is 16.2. The lowest BCUT2D eigenvalue weighted by Crippen LogP contribution is -2.58. The molecule has 2 aromatic carbocycles. The van der Waals surface area contributed by atoms with Gasteiger partial charge in [0.15, 0.2) is 0 Å². The first kappa shape index (κ1) is 18.7. The summed E-state index contributed by atoms with van der Waals surface area (Å²) < 4.78 is 0. The van der Waals surface area contributed by atoms with Crippen LogP contribution in [0.3, 0.4) is 0 Å². The number of hydrogen-bond donors (Lipinski definition) is 1. The molecule has 4 rings (SSSR count). The van der Waals surface area contributed by atoms with E-state index in [1.807, 2.05) is 18.2 Å². The van der Waals surface area contributed by atoms with E-state index in [-0.39, 0.29) is 22.8 Å². The molecule has 0 aliphatic heterocycles. The third-order valence-electron chi connectivity index (χ3n) is 7.21. The molecule has 0 spiro atoms. The molecule has 4 nitrogen and oxygen atoms in total. The summed E-state index contributed by atoms with van der Waals surface area (Å²) in [7, 11) is 0. The van der Waals surface area contributed by atoms with E-state index in [9.17, 15) is 4.79 Å². The van der Waals surface area contributed by atoms with Gasteiger partial charge >= 0.3 is 0 Å². The van der Waals surface area contributed by atoms with Crippen molar-refractivity contribution >= 4 is 16.8 Å². The van der Waals surface area contributed by atoms with E-state index in [0.717, 1.165) is 17.3 Å². The summed E-state index contributed by atoms with van der Waals surface area (Å²) in [4.78, 5) is 15.6. The van der Waals surface area contributed by atoms with Gasteiger partial charge < -0.3 is 4.90 Å². The molecule has 4 heteroatoms. The second-order valence-electron chi connectivity index (χ2n) is 8.99. The van der Waals surface area contributed by atoms with E-state index in [1.54, 1.807) is 6.20 Å². The number of aromatic amines is 1. The quantitative estimate of drug-likeness (QED) is 0.704. The number of nitrogens with one attached hydrogen (secondary N) is 1. The van der Waals surface area contributed by atoms with Gasteiger partial charge in [-0.25, -0.2) is 0 Å². The second-order valence-corrected chi connectivity index (χ2v) is 8.99. The monoisotopic (exact) mass is 375 g/mol. The van der Waals surface area contributed by atoms with Crippen molar-refractivity contribution in [1.82, 2.24) is 15.1 Å². The number of rotatable bonds is 3. The predicted octanol–water partition coefficient (Wildman–Crippen LogP) is 4.95. The molecule has 0 radical (unpaired) electrons. The van der Waals surface area contributed by atoms with E-state index >= 15 is 0 Å². The number of carbonyl (C=O) groups is 1. The first-order valence-corrected chi connectivity index (χ1v) is 10.1. The molecule has 0 bridgehead atoms. The Morgan fingerprint density at radius 1 is 1.18 bits per heavy atom. The molecule has 0 unspecified atom stereocenters. The molecule has 146 valence electrons. The third kappa shape index (κ3) is 2.66. The van der Waals surface area contributed by atoms with Gasteiger partial charge in [-0.1, -0.05) is 58.0 Å². The molecule has 3 aromatic rings. The standard InChI is InChI=1S/C24H29N3O/c1-6-27(22(28)17-11-12-18-15-25-26-20(18)13-17)21-14-16-9-7-8-10-19(16)23(2,3)24(21,4)5/h7-13,15,21H,6,14H2,1-5H3,(H,25,26)/t21-/m1/s1. The number of benzene rings is 2. The van der Waals surface area contributed by atoms with Crippen LogP contribution in [0.4, 0.5) is 0 Å². The van der Waals surface area contributed by atoms with Gasteiger partial charge in [-0.05, 0) is 47.4 Å². The van der Waals surface area contributed by atoms with Crippen LogP contribution in [-0.4, -0.2) is 33.6 Å². The van der Waals surface area contributed by atoms with E-state index in [2.05, 4.69) is 74.0 Å². The molecule has 1 N–H and O–H groups in total. The molecule has 0 saturated carbocycles. The van der Waals surface area contributed by atoms with Crippen molar-refractivity contribution in [2.24, 2.45) is 5.41 Å². The largest absolute Gasteiger partial charge is 0.335 e. The van der Waals surface area contributed by atoms with Crippen LogP contribution in [0.5, 0.6) is 0 Å². The minimum absolute atomic E-state index is 0.0342. The lowest BCUT2D eigenvalue weighted by molar-refractivity contribution is 0.0215. The van der Waals surface area contributed by atoms with Crippen LogP contribution >= 0.6 is 0 Å². The maximum atomic E-state index is 13.5. The fourth-order valence-electron chi connectivity index (χ4n) is 4.78. The summed E-state index contributed by atoms with van der Waals surface area (Å²) in [5, 5.41) is 8.07. The van der Waals surface area contributed by atoms with Crippen LogP contribution in [0.1, 0.15) is 56.1 Å². The topological polar surface area (TPSA) is 49.0 Å². The van der Waals surface area contributed by atoms with Crippen LogP contribution in [0.2, 0.25) is 0 Å². The Hall–Kier alpha value is -2.62. The van der Waals surface area contributed by atoms with Gasteiger partial charge in [0.05, 0.1) is 11.7 Å². The Balaban J connectivity index is 1.75. The number of H-pyrrole nitrogens is 1. The Morgan fingerprint density at radius 2 is 1.93 bits per heavy atom. The van der Waals surface area contributed by atoms with Crippen LogP contribution < -0.4 is 0 Å². The molecule has 1 atom stereocenters. The Bertz CT molecular complexity index is 1030. The van der Waals surface area contributed by atoms with Crippen LogP contribution in [0, 0.1) is 5.41 Å². The zero-order chi connectivity index (χ0) is 20.1. The summed E-state index contributed by atoms with van der Waals surface area (Å²) in [5.74, 6) is 0.0901. The van der Waals surface area contributed by atoms with Gasteiger partial charge in [0, 0.05) is 23.5 Å². The maximum Gasteiger partial charge on any atom is 0.254 e. The highest BCUT2D eigenvalue weighted by Crippen LogP contribution is 2.51. The molecule has 28 heavy (non-hydrogen) atoms. The normalized spacial score (nSPS) is 20.0. The number of hydrogen-bond acceptors (Lipinski definition) is 2. The maximum absolute atomic E-state index is 13.5. The average Bonchev–Trinajstić information content (AvgIpc) is 3.14. The van der Waals surface area contributed by atoms with E-state index < -0.39 is 0 Å². The Morgan fingerprint density at radius 3 is 2.68 bits per heavy atom.